The molecular weight excluding hydrogens is 380 g/mol. The predicted octanol–water partition coefficient (Wildman–Crippen LogP) is 2.25. The van der Waals surface area contributed by atoms with E-state index >= 15 is 0 Å². The third-order valence-corrected chi connectivity index (χ3v) is 6.68. The van der Waals surface area contributed by atoms with Crippen molar-refractivity contribution in [2.24, 2.45) is 0 Å². The minimum Gasteiger partial charge on any atom is -0.358 e. The summed E-state index contributed by atoms with van der Waals surface area (Å²) in [5.41, 5.74) is 2.95. The first-order chi connectivity index (χ1) is 13.0. The Labute approximate surface area is 168 Å². The average Bonchev–Trinajstić information content (AvgIpc) is 3.12. The van der Waals surface area contributed by atoms with Gasteiger partial charge in [-0.3, -0.25) is 14.5 Å². The molecule has 8 heteroatoms. The second kappa shape index (κ2) is 9.34. The molecule has 0 radical (unpaired) electrons. The van der Waals surface area contributed by atoms with Crippen molar-refractivity contribution < 1.29 is 9.59 Å². The van der Waals surface area contributed by atoms with Crippen molar-refractivity contribution in [3.05, 3.63) is 46.5 Å². The second-order valence-electron chi connectivity index (χ2n) is 6.48. The minimum absolute atomic E-state index is 0.0103. The Hall–Kier alpha value is -1.90. The van der Waals surface area contributed by atoms with E-state index < -0.39 is 0 Å². The first-order valence-corrected chi connectivity index (χ1v) is 10.8. The molecular formula is C19H24N4O2S2. The summed E-state index contributed by atoms with van der Waals surface area (Å²) in [6.07, 6.45) is 0. The SMILES string of the molecule is CNC(=O)CN1CCN(C(=O)c2ccc(CSc3nc(C)cs3)cc2)CC1. The number of amides is 2. The number of nitrogens with one attached hydrogen (secondary N) is 1. The molecule has 0 aliphatic carbocycles. The van der Waals surface area contributed by atoms with Crippen LogP contribution in [0.2, 0.25) is 0 Å². The van der Waals surface area contributed by atoms with Crippen molar-refractivity contribution in [3.63, 3.8) is 0 Å². The van der Waals surface area contributed by atoms with Gasteiger partial charge in [-0.15, -0.1) is 11.3 Å². The largest absolute Gasteiger partial charge is 0.358 e. The number of thiazole rings is 1. The zero-order chi connectivity index (χ0) is 19.2. The molecule has 1 fully saturated rings. The van der Waals surface area contributed by atoms with Crippen LogP contribution in [0.4, 0.5) is 0 Å². The molecule has 2 amide bonds. The van der Waals surface area contributed by atoms with Crippen LogP contribution in [0.15, 0.2) is 34.0 Å². The molecule has 0 spiro atoms. The van der Waals surface area contributed by atoms with E-state index in [0.717, 1.165) is 28.9 Å². The number of aryl methyl sites for hydroxylation is 1. The fourth-order valence-corrected chi connectivity index (χ4v) is 4.67. The Kier molecular flexibility index (Phi) is 6.87. The smallest absolute Gasteiger partial charge is 0.253 e. The summed E-state index contributed by atoms with van der Waals surface area (Å²) in [5.74, 6) is 0.917. The van der Waals surface area contributed by atoms with E-state index in [1.807, 2.05) is 36.1 Å². The van der Waals surface area contributed by atoms with Crippen molar-refractivity contribution >= 4 is 34.9 Å². The summed E-state index contributed by atoms with van der Waals surface area (Å²) >= 11 is 3.38. The zero-order valence-electron chi connectivity index (χ0n) is 15.6. The van der Waals surface area contributed by atoms with E-state index in [-0.39, 0.29) is 11.8 Å². The summed E-state index contributed by atoms with van der Waals surface area (Å²) in [6.45, 7) is 5.14. The average molecular weight is 405 g/mol. The van der Waals surface area contributed by atoms with Crippen LogP contribution in [0.25, 0.3) is 0 Å². The van der Waals surface area contributed by atoms with Crippen molar-refractivity contribution in [1.82, 2.24) is 20.1 Å². The Bertz CT molecular complexity index is 783. The molecule has 0 atom stereocenters. The number of nitrogens with zero attached hydrogens (tertiary/aromatic N) is 3. The lowest BCUT2D eigenvalue weighted by Gasteiger charge is -2.34. The molecule has 6 nitrogen and oxygen atoms in total. The normalized spacial score (nSPS) is 15.0. The van der Waals surface area contributed by atoms with Crippen molar-refractivity contribution in [2.45, 2.75) is 17.0 Å². The number of hydrogen-bond donors (Lipinski definition) is 1. The number of benzene rings is 1. The zero-order valence-corrected chi connectivity index (χ0v) is 17.2. The van der Waals surface area contributed by atoms with Crippen LogP contribution in [0.5, 0.6) is 0 Å². The maximum atomic E-state index is 12.7. The highest BCUT2D eigenvalue weighted by Gasteiger charge is 2.23. The third kappa shape index (κ3) is 5.54. The van der Waals surface area contributed by atoms with Gasteiger partial charge in [0.1, 0.15) is 4.34 Å². The highest BCUT2D eigenvalue weighted by atomic mass is 32.2. The van der Waals surface area contributed by atoms with E-state index in [2.05, 4.69) is 20.6 Å². The van der Waals surface area contributed by atoms with Gasteiger partial charge in [0, 0.05) is 55.6 Å². The maximum absolute atomic E-state index is 12.7. The monoisotopic (exact) mass is 404 g/mol. The van der Waals surface area contributed by atoms with Crippen molar-refractivity contribution in [3.8, 4) is 0 Å². The lowest BCUT2D eigenvalue weighted by atomic mass is 10.1. The maximum Gasteiger partial charge on any atom is 0.253 e. The van der Waals surface area contributed by atoms with Gasteiger partial charge in [-0.2, -0.15) is 0 Å². The quantitative estimate of drug-likeness (QED) is 0.748. The van der Waals surface area contributed by atoms with Crippen LogP contribution in [0.1, 0.15) is 21.6 Å². The fraction of sp³-hybridized carbons (Fsp3) is 0.421. The molecule has 27 heavy (non-hydrogen) atoms. The number of piperazine rings is 1. The molecule has 0 unspecified atom stereocenters. The summed E-state index contributed by atoms with van der Waals surface area (Å²) in [7, 11) is 1.64. The first kappa shape index (κ1) is 19.9. The molecule has 1 aromatic heterocycles. The van der Waals surface area contributed by atoms with Crippen LogP contribution in [-0.2, 0) is 10.5 Å². The molecule has 1 aliphatic rings. The second-order valence-corrected chi connectivity index (χ2v) is 8.56. The van der Waals surface area contributed by atoms with E-state index in [4.69, 9.17) is 0 Å². The number of carbonyl (C=O) groups is 2. The van der Waals surface area contributed by atoms with Gasteiger partial charge in [-0.1, -0.05) is 23.9 Å². The molecule has 2 aromatic rings. The standard InChI is InChI=1S/C19H24N4O2S2/c1-14-12-26-19(21-14)27-13-15-3-5-16(6-4-15)18(25)23-9-7-22(8-10-23)11-17(24)20-2/h3-6,12H,7-11,13H2,1-2H3,(H,20,24). The number of carbonyl (C=O) groups excluding carboxylic acids is 2. The number of hydrogen-bond acceptors (Lipinski definition) is 6. The number of likely N-dealkylation sites (N-methyl/N-ethyl adjacent to an activating group) is 1. The van der Waals surface area contributed by atoms with E-state index in [9.17, 15) is 9.59 Å². The Morgan fingerprint density at radius 2 is 1.89 bits per heavy atom. The molecule has 1 aromatic carbocycles. The highest BCUT2D eigenvalue weighted by molar-refractivity contribution is 8.00. The van der Waals surface area contributed by atoms with Gasteiger partial charge in [0.05, 0.1) is 6.54 Å². The molecule has 1 aliphatic heterocycles. The van der Waals surface area contributed by atoms with Crippen LogP contribution in [-0.4, -0.2) is 66.4 Å². The molecule has 0 saturated carbocycles. The number of rotatable bonds is 6. The summed E-state index contributed by atoms with van der Waals surface area (Å²) in [6, 6.07) is 7.84. The van der Waals surface area contributed by atoms with E-state index in [1.54, 1.807) is 30.1 Å². The molecule has 144 valence electrons. The van der Waals surface area contributed by atoms with Gasteiger partial charge in [-0.05, 0) is 24.6 Å². The first-order valence-electron chi connectivity index (χ1n) is 8.91. The lowest BCUT2D eigenvalue weighted by Crippen LogP contribution is -2.50. The summed E-state index contributed by atoms with van der Waals surface area (Å²) in [5, 5.41) is 4.69. The van der Waals surface area contributed by atoms with Gasteiger partial charge in [0.2, 0.25) is 5.91 Å². The summed E-state index contributed by atoms with van der Waals surface area (Å²) < 4.78 is 1.07. The van der Waals surface area contributed by atoms with Gasteiger partial charge in [-0.25, -0.2) is 4.98 Å². The lowest BCUT2D eigenvalue weighted by molar-refractivity contribution is -0.122. The summed E-state index contributed by atoms with van der Waals surface area (Å²) in [4.78, 5) is 32.5. The minimum atomic E-state index is 0.0103. The van der Waals surface area contributed by atoms with Gasteiger partial charge in [0.15, 0.2) is 0 Å². The predicted molar refractivity (Wildman–Crippen MR) is 109 cm³/mol. The Morgan fingerprint density at radius 3 is 2.48 bits per heavy atom. The molecule has 2 heterocycles. The van der Waals surface area contributed by atoms with Crippen LogP contribution < -0.4 is 5.32 Å². The van der Waals surface area contributed by atoms with Crippen LogP contribution in [0, 0.1) is 6.92 Å². The molecule has 3 rings (SSSR count). The van der Waals surface area contributed by atoms with Crippen molar-refractivity contribution in [1.29, 1.82) is 0 Å². The molecule has 1 N–H and O–H groups in total. The van der Waals surface area contributed by atoms with Crippen molar-refractivity contribution in [2.75, 3.05) is 39.8 Å². The van der Waals surface area contributed by atoms with Gasteiger partial charge in [0.25, 0.3) is 5.91 Å². The fourth-order valence-electron chi connectivity index (χ4n) is 2.86. The molecule has 0 bridgehead atoms. The van der Waals surface area contributed by atoms with Gasteiger partial charge < -0.3 is 10.2 Å². The Morgan fingerprint density at radius 1 is 1.19 bits per heavy atom. The van der Waals surface area contributed by atoms with Crippen LogP contribution >= 0.6 is 23.1 Å². The number of thioether (sulfide) groups is 1. The highest BCUT2D eigenvalue weighted by Crippen LogP contribution is 2.26. The third-order valence-electron chi connectivity index (χ3n) is 4.47. The van der Waals surface area contributed by atoms with Crippen LogP contribution in [0.3, 0.4) is 0 Å². The Balaban J connectivity index is 1.49. The van der Waals surface area contributed by atoms with Gasteiger partial charge >= 0.3 is 0 Å². The molecule has 1 saturated heterocycles. The van der Waals surface area contributed by atoms with E-state index in [0.29, 0.717) is 25.2 Å². The number of aromatic nitrogens is 1. The topological polar surface area (TPSA) is 65.5 Å². The van der Waals surface area contributed by atoms with E-state index in [1.165, 1.54) is 5.56 Å².